The first-order valence-electron chi connectivity index (χ1n) is 4.30. The van der Waals surface area contributed by atoms with Gasteiger partial charge in [0.05, 0.1) is 6.61 Å². The summed E-state index contributed by atoms with van der Waals surface area (Å²) in [6.45, 7) is 4.54. The van der Waals surface area contributed by atoms with Crippen LogP contribution < -0.4 is 5.32 Å². The van der Waals surface area contributed by atoms with Gasteiger partial charge in [0.15, 0.2) is 0 Å². The van der Waals surface area contributed by atoms with Crippen LogP contribution in [0.1, 0.15) is 26.2 Å². The van der Waals surface area contributed by atoms with Gasteiger partial charge >= 0.3 is 5.43 Å². The third-order valence-electron chi connectivity index (χ3n) is 1.46. The third-order valence-corrected chi connectivity index (χ3v) is 1.57. The van der Waals surface area contributed by atoms with E-state index >= 15 is 0 Å². The predicted octanol–water partition coefficient (Wildman–Crippen LogP) is 2.14. The molecule has 1 saturated heterocycles. The number of hydrogen-bond donors (Lipinski definition) is 1. The SMILES string of the molecule is C1CCNCC1.CCOC(=O)Cl. The van der Waals surface area contributed by atoms with Crippen LogP contribution in [0.4, 0.5) is 4.79 Å². The van der Waals surface area contributed by atoms with Gasteiger partial charge in [0.1, 0.15) is 0 Å². The van der Waals surface area contributed by atoms with Crippen molar-refractivity contribution in [1.29, 1.82) is 0 Å². The Kier molecular flexibility index (Phi) is 8.61. The van der Waals surface area contributed by atoms with E-state index in [2.05, 4.69) is 10.1 Å². The quantitative estimate of drug-likeness (QED) is 0.649. The minimum atomic E-state index is -0.738. The molecule has 1 N–H and O–H groups in total. The molecule has 0 amide bonds. The molecule has 1 fully saturated rings. The third kappa shape index (κ3) is 9.72. The highest BCUT2D eigenvalue weighted by molar-refractivity contribution is 6.61. The molecule has 72 valence electrons. The Morgan fingerprint density at radius 1 is 1.42 bits per heavy atom. The molecule has 1 aliphatic heterocycles. The van der Waals surface area contributed by atoms with Gasteiger partial charge in [-0.2, -0.15) is 0 Å². The van der Waals surface area contributed by atoms with Crippen LogP contribution in [0, 0.1) is 0 Å². The Labute approximate surface area is 78.4 Å². The number of carbonyl (C=O) groups excluding carboxylic acids is 1. The molecule has 0 aromatic heterocycles. The van der Waals surface area contributed by atoms with Crippen molar-refractivity contribution in [3.8, 4) is 0 Å². The second-order valence-electron chi connectivity index (χ2n) is 2.48. The van der Waals surface area contributed by atoms with E-state index in [0.717, 1.165) is 0 Å². The van der Waals surface area contributed by atoms with Gasteiger partial charge in [0.2, 0.25) is 0 Å². The van der Waals surface area contributed by atoms with Crippen molar-refractivity contribution < 1.29 is 9.53 Å². The lowest BCUT2D eigenvalue weighted by Gasteiger charge is -2.08. The highest BCUT2D eigenvalue weighted by atomic mass is 35.5. The Morgan fingerprint density at radius 2 is 2.00 bits per heavy atom. The zero-order valence-corrected chi connectivity index (χ0v) is 8.19. The lowest BCUT2D eigenvalue weighted by molar-refractivity contribution is 0.180. The predicted molar refractivity (Wildman–Crippen MR) is 49.6 cm³/mol. The van der Waals surface area contributed by atoms with Crippen molar-refractivity contribution in [2.24, 2.45) is 0 Å². The van der Waals surface area contributed by atoms with E-state index in [4.69, 9.17) is 11.6 Å². The molecule has 1 rings (SSSR count). The van der Waals surface area contributed by atoms with Crippen LogP contribution in [0.2, 0.25) is 0 Å². The van der Waals surface area contributed by atoms with E-state index in [-0.39, 0.29) is 0 Å². The van der Waals surface area contributed by atoms with Gasteiger partial charge in [-0.05, 0) is 32.9 Å². The molecule has 4 heteroatoms. The summed E-state index contributed by atoms with van der Waals surface area (Å²) < 4.78 is 4.17. The van der Waals surface area contributed by atoms with Crippen molar-refractivity contribution >= 4 is 17.0 Å². The van der Waals surface area contributed by atoms with E-state index in [1.165, 1.54) is 32.4 Å². The molecule has 1 heterocycles. The molecule has 0 spiro atoms. The van der Waals surface area contributed by atoms with Gasteiger partial charge in [-0.25, -0.2) is 4.79 Å². The lowest BCUT2D eigenvalue weighted by Crippen LogP contribution is -2.21. The summed E-state index contributed by atoms with van der Waals surface area (Å²) in [6, 6.07) is 0. The number of halogens is 1. The van der Waals surface area contributed by atoms with Crippen LogP contribution in [-0.4, -0.2) is 25.1 Å². The van der Waals surface area contributed by atoms with Gasteiger partial charge < -0.3 is 10.1 Å². The molecule has 0 atom stereocenters. The summed E-state index contributed by atoms with van der Waals surface area (Å²) in [5.74, 6) is 0. The van der Waals surface area contributed by atoms with Gasteiger partial charge in [-0.1, -0.05) is 6.42 Å². The van der Waals surface area contributed by atoms with Crippen LogP contribution in [0.3, 0.4) is 0 Å². The van der Waals surface area contributed by atoms with E-state index in [0.29, 0.717) is 6.61 Å². The van der Waals surface area contributed by atoms with Gasteiger partial charge in [-0.15, -0.1) is 0 Å². The van der Waals surface area contributed by atoms with E-state index in [9.17, 15) is 4.79 Å². The molecule has 1 aliphatic rings. The van der Waals surface area contributed by atoms with Crippen molar-refractivity contribution in [1.82, 2.24) is 5.32 Å². The summed E-state index contributed by atoms with van der Waals surface area (Å²) in [5, 5.41) is 3.28. The van der Waals surface area contributed by atoms with E-state index in [1.54, 1.807) is 6.92 Å². The minimum absolute atomic E-state index is 0.350. The Balaban J connectivity index is 0.000000202. The number of ether oxygens (including phenoxy) is 1. The first kappa shape index (κ1) is 11.7. The number of carbonyl (C=O) groups is 1. The van der Waals surface area contributed by atoms with Crippen LogP contribution in [0.25, 0.3) is 0 Å². The van der Waals surface area contributed by atoms with Gasteiger partial charge in [-0.3, -0.25) is 0 Å². The number of hydrogen-bond acceptors (Lipinski definition) is 3. The maximum absolute atomic E-state index is 9.59. The molecule has 0 aromatic rings. The monoisotopic (exact) mass is 193 g/mol. The van der Waals surface area contributed by atoms with E-state index in [1.807, 2.05) is 0 Å². The molecule has 3 nitrogen and oxygen atoms in total. The maximum atomic E-state index is 9.59. The summed E-state index contributed by atoms with van der Waals surface area (Å²) in [5.41, 5.74) is -0.738. The fraction of sp³-hybridized carbons (Fsp3) is 0.875. The Hall–Kier alpha value is -0.280. The summed E-state index contributed by atoms with van der Waals surface area (Å²) >= 11 is 4.72. The zero-order chi connectivity index (χ0) is 9.23. The first-order chi connectivity index (χ1) is 5.77. The molecule has 0 aliphatic carbocycles. The second-order valence-corrected chi connectivity index (χ2v) is 2.79. The van der Waals surface area contributed by atoms with Crippen molar-refractivity contribution in [3.05, 3.63) is 0 Å². The molecule has 12 heavy (non-hydrogen) atoms. The van der Waals surface area contributed by atoms with Crippen molar-refractivity contribution in [3.63, 3.8) is 0 Å². The highest BCUT2D eigenvalue weighted by Crippen LogP contribution is 1.96. The standard InChI is InChI=1S/C5H11N.C3H5ClO2/c1-2-4-6-5-3-1;1-2-6-3(4)5/h6H,1-5H2;2H2,1H3. The topological polar surface area (TPSA) is 38.3 Å². The molecular weight excluding hydrogens is 178 g/mol. The summed E-state index contributed by atoms with van der Waals surface area (Å²) in [6.07, 6.45) is 4.22. The maximum Gasteiger partial charge on any atom is 0.403 e. The largest absolute Gasteiger partial charge is 0.454 e. The Morgan fingerprint density at radius 3 is 2.08 bits per heavy atom. The van der Waals surface area contributed by atoms with Crippen molar-refractivity contribution in [2.45, 2.75) is 26.2 Å². The molecule has 0 aromatic carbocycles. The molecular formula is C8H16ClNO2. The fourth-order valence-corrected chi connectivity index (χ4v) is 1.02. The smallest absolute Gasteiger partial charge is 0.403 e. The minimum Gasteiger partial charge on any atom is -0.454 e. The fourth-order valence-electron chi connectivity index (χ4n) is 0.915. The molecule has 0 bridgehead atoms. The zero-order valence-electron chi connectivity index (χ0n) is 7.44. The molecule has 0 radical (unpaired) electrons. The van der Waals surface area contributed by atoms with Crippen LogP contribution >= 0.6 is 11.6 Å². The average Bonchev–Trinajstić information content (AvgIpc) is 2.08. The number of piperidine rings is 1. The van der Waals surface area contributed by atoms with Crippen molar-refractivity contribution in [2.75, 3.05) is 19.7 Å². The first-order valence-corrected chi connectivity index (χ1v) is 4.68. The van der Waals surface area contributed by atoms with Gasteiger partial charge in [0.25, 0.3) is 0 Å². The van der Waals surface area contributed by atoms with Crippen LogP contribution in [0.5, 0.6) is 0 Å². The molecule has 0 saturated carbocycles. The number of rotatable bonds is 1. The molecule has 0 unspecified atom stereocenters. The average molecular weight is 194 g/mol. The van der Waals surface area contributed by atoms with E-state index < -0.39 is 5.43 Å². The summed E-state index contributed by atoms with van der Waals surface area (Å²) in [4.78, 5) is 9.59. The highest BCUT2D eigenvalue weighted by Gasteiger charge is 1.93. The second kappa shape index (κ2) is 8.81. The lowest BCUT2D eigenvalue weighted by atomic mass is 10.2. The summed E-state index contributed by atoms with van der Waals surface area (Å²) in [7, 11) is 0. The van der Waals surface area contributed by atoms with Crippen LogP contribution in [0.15, 0.2) is 0 Å². The van der Waals surface area contributed by atoms with Gasteiger partial charge in [0, 0.05) is 11.6 Å². The Bertz CT molecular complexity index is 104. The van der Waals surface area contributed by atoms with Crippen LogP contribution in [-0.2, 0) is 4.74 Å². The number of nitrogens with one attached hydrogen (secondary N) is 1. The normalized spacial score (nSPS) is 15.8.